The van der Waals surface area contributed by atoms with Crippen molar-refractivity contribution in [2.45, 2.75) is 13.3 Å². The Morgan fingerprint density at radius 1 is 1.00 bits per heavy atom. The third kappa shape index (κ3) is 3.39. The number of nitrogens with one attached hydrogen (secondary N) is 2. The molecule has 2 unspecified atom stereocenters. The molecule has 1 aliphatic heterocycles. The van der Waals surface area contributed by atoms with E-state index in [0.717, 1.165) is 23.1 Å². The maximum atomic E-state index is 12.9. The fourth-order valence-electron chi connectivity index (χ4n) is 3.44. The first-order valence-corrected chi connectivity index (χ1v) is 8.23. The number of anilines is 1. The Hall–Kier alpha value is -2.72. The van der Waals surface area contributed by atoms with Crippen molar-refractivity contribution in [3.8, 4) is 0 Å². The molecule has 4 rings (SSSR count). The normalized spacial score (nSPS) is 19.4. The molecule has 3 aromatic rings. The largest absolute Gasteiger partial charge is 0.324 e. The second-order valence-corrected chi connectivity index (χ2v) is 6.15. The summed E-state index contributed by atoms with van der Waals surface area (Å²) in [6.45, 7) is 1.53. The minimum Gasteiger partial charge on any atom is -0.324 e. The lowest BCUT2D eigenvalue weighted by Gasteiger charge is -2.19. The Bertz CT molecular complexity index is 858. The van der Waals surface area contributed by atoms with Crippen LogP contribution in [0, 0.1) is 5.92 Å². The average molecular weight is 333 g/mol. The first-order valence-electron chi connectivity index (χ1n) is 8.23. The van der Waals surface area contributed by atoms with Crippen molar-refractivity contribution in [1.82, 2.24) is 10.3 Å². The Morgan fingerprint density at radius 3 is 2.64 bits per heavy atom. The lowest BCUT2D eigenvalue weighted by atomic mass is 9.88. The second-order valence-electron chi connectivity index (χ2n) is 6.15. The molecule has 1 amide bonds. The van der Waals surface area contributed by atoms with Crippen LogP contribution in [-0.4, -0.2) is 24.0 Å². The minimum absolute atomic E-state index is 0. The van der Waals surface area contributed by atoms with Crippen LogP contribution in [0.15, 0.2) is 66.9 Å². The Labute approximate surface area is 148 Å². The number of pyridine rings is 1. The Kier molecular flexibility index (Phi) is 5.10. The zero-order chi connectivity index (χ0) is 16.4. The van der Waals surface area contributed by atoms with Gasteiger partial charge in [0.05, 0.1) is 17.1 Å². The van der Waals surface area contributed by atoms with Gasteiger partial charge in [-0.05, 0) is 17.7 Å². The molecule has 1 aliphatic rings. The molecule has 25 heavy (non-hydrogen) atoms. The van der Waals surface area contributed by atoms with Gasteiger partial charge in [0.1, 0.15) is 0 Å². The van der Waals surface area contributed by atoms with Gasteiger partial charge < -0.3 is 10.6 Å². The molecule has 4 heteroatoms. The molecule has 0 bridgehead atoms. The number of amides is 1. The number of carbonyl (C=O) groups is 1. The summed E-state index contributed by atoms with van der Waals surface area (Å²) in [4.78, 5) is 17.3. The molecular weight excluding hydrogens is 310 g/mol. The summed E-state index contributed by atoms with van der Waals surface area (Å²) in [5, 5.41) is 7.46. The van der Waals surface area contributed by atoms with Gasteiger partial charge >= 0.3 is 0 Å². The van der Waals surface area contributed by atoms with Crippen molar-refractivity contribution in [2.24, 2.45) is 5.92 Å². The number of aromatic nitrogens is 1. The maximum absolute atomic E-state index is 12.9. The lowest BCUT2D eigenvalue weighted by molar-refractivity contribution is -0.119. The molecule has 1 aromatic heterocycles. The summed E-state index contributed by atoms with van der Waals surface area (Å²) in [5.41, 5.74) is 2.81. The lowest BCUT2D eigenvalue weighted by Crippen LogP contribution is -2.28. The summed E-state index contributed by atoms with van der Waals surface area (Å²) >= 11 is 0. The van der Waals surface area contributed by atoms with Crippen LogP contribution < -0.4 is 10.6 Å². The van der Waals surface area contributed by atoms with Crippen LogP contribution in [0.4, 0.5) is 5.69 Å². The molecule has 4 nitrogen and oxygen atoms in total. The number of hydrogen-bond donors (Lipinski definition) is 2. The van der Waals surface area contributed by atoms with Crippen molar-refractivity contribution in [3.63, 3.8) is 0 Å². The number of nitrogens with zero attached hydrogens (tertiary/aromatic N) is 1. The van der Waals surface area contributed by atoms with Gasteiger partial charge in [0.2, 0.25) is 5.91 Å². The van der Waals surface area contributed by atoms with Crippen molar-refractivity contribution >= 4 is 22.5 Å². The van der Waals surface area contributed by atoms with Gasteiger partial charge in [0, 0.05) is 30.6 Å². The van der Waals surface area contributed by atoms with Crippen molar-refractivity contribution in [3.05, 3.63) is 72.4 Å². The molecular formula is C21H23N3O. The first-order chi connectivity index (χ1) is 11.8. The topological polar surface area (TPSA) is 54.0 Å². The third-order valence-corrected chi connectivity index (χ3v) is 4.67. The van der Waals surface area contributed by atoms with Crippen molar-refractivity contribution in [2.75, 3.05) is 18.4 Å². The highest BCUT2D eigenvalue weighted by Gasteiger charge is 2.34. The van der Waals surface area contributed by atoms with E-state index in [1.807, 2.05) is 48.5 Å². The molecule has 0 spiro atoms. The predicted octanol–water partition coefficient (Wildman–Crippen LogP) is 3.81. The molecule has 1 saturated heterocycles. The standard InChI is InChI=1S/C20H19N3O.CH4/c24-20(17-13-21-12-16(17)14-6-2-1-3-7-14)23-18-10-4-8-15-9-5-11-22-19(15)18;/h1-11,16-17,21H,12-13H2,(H,23,24);1H4. The fraction of sp³-hybridized carbons (Fsp3) is 0.238. The van der Waals surface area contributed by atoms with E-state index in [1.165, 1.54) is 5.56 Å². The van der Waals surface area contributed by atoms with Gasteiger partial charge in [-0.1, -0.05) is 56.0 Å². The Balaban J connectivity index is 0.00000182. The van der Waals surface area contributed by atoms with Crippen molar-refractivity contribution in [1.29, 1.82) is 0 Å². The van der Waals surface area contributed by atoms with E-state index < -0.39 is 0 Å². The Morgan fingerprint density at radius 2 is 1.80 bits per heavy atom. The van der Waals surface area contributed by atoms with Crippen molar-refractivity contribution < 1.29 is 4.79 Å². The van der Waals surface area contributed by atoms with Crippen LogP contribution in [0.1, 0.15) is 18.9 Å². The van der Waals surface area contributed by atoms with E-state index in [2.05, 4.69) is 27.8 Å². The predicted molar refractivity (Wildman–Crippen MR) is 103 cm³/mol. The quantitative estimate of drug-likeness (QED) is 0.766. The van der Waals surface area contributed by atoms with Gasteiger partial charge in [-0.2, -0.15) is 0 Å². The summed E-state index contributed by atoms with van der Waals surface area (Å²) in [6.07, 6.45) is 1.75. The molecule has 2 heterocycles. The van der Waals surface area contributed by atoms with Gasteiger partial charge in [-0.3, -0.25) is 9.78 Å². The maximum Gasteiger partial charge on any atom is 0.229 e. The summed E-state index contributed by atoms with van der Waals surface area (Å²) in [5.74, 6) is 0.174. The summed E-state index contributed by atoms with van der Waals surface area (Å²) in [6, 6.07) is 20.0. The number of carbonyl (C=O) groups excluding carboxylic acids is 1. The van der Waals surface area contributed by atoms with E-state index in [-0.39, 0.29) is 25.2 Å². The summed E-state index contributed by atoms with van der Waals surface area (Å²) in [7, 11) is 0. The molecule has 0 saturated carbocycles. The van der Waals surface area contributed by atoms with Gasteiger partial charge in [0.25, 0.3) is 0 Å². The zero-order valence-electron chi connectivity index (χ0n) is 13.3. The van der Waals surface area contributed by atoms with Crippen LogP contribution in [0.2, 0.25) is 0 Å². The van der Waals surface area contributed by atoms with E-state index in [0.29, 0.717) is 6.54 Å². The third-order valence-electron chi connectivity index (χ3n) is 4.67. The minimum atomic E-state index is -0.0774. The SMILES string of the molecule is C.O=C(Nc1cccc2cccnc12)C1CNCC1c1ccccc1. The van der Waals surface area contributed by atoms with Crippen LogP contribution in [0.5, 0.6) is 0 Å². The van der Waals surface area contributed by atoms with E-state index in [1.54, 1.807) is 6.20 Å². The van der Waals surface area contributed by atoms with Crippen LogP contribution >= 0.6 is 0 Å². The van der Waals surface area contributed by atoms with Gasteiger partial charge in [-0.15, -0.1) is 0 Å². The number of benzene rings is 2. The monoisotopic (exact) mass is 333 g/mol. The molecule has 1 fully saturated rings. The number of fused-ring (bicyclic) bond motifs is 1. The molecule has 0 aliphatic carbocycles. The zero-order valence-corrected chi connectivity index (χ0v) is 13.3. The first kappa shape index (κ1) is 17.1. The summed E-state index contributed by atoms with van der Waals surface area (Å²) < 4.78 is 0. The fourth-order valence-corrected chi connectivity index (χ4v) is 3.44. The van der Waals surface area contributed by atoms with E-state index in [9.17, 15) is 4.79 Å². The second kappa shape index (κ2) is 7.45. The highest BCUT2D eigenvalue weighted by molar-refractivity contribution is 6.01. The highest BCUT2D eigenvalue weighted by Crippen LogP contribution is 2.30. The molecule has 128 valence electrons. The van der Waals surface area contributed by atoms with E-state index in [4.69, 9.17) is 0 Å². The molecule has 0 radical (unpaired) electrons. The van der Waals surface area contributed by atoms with Gasteiger partial charge in [-0.25, -0.2) is 0 Å². The number of hydrogen-bond acceptors (Lipinski definition) is 3. The number of para-hydroxylation sites is 1. The molecule has 2 atom stereocenters. The van der Waals surface area contributed by atoms with Crippen LogP contribution in [0.3, 0.4) is 0 Å². The number of rotatable bonds is 3. The average Bonchev–Trinajstić information content (AvgIpc) is 3.13. The van der Waals surface area contributed by atoms with Gasteiger partial charge in [0.15, 0.2) is 0 Å². The van der Waals surface area contributed by atoms with Crippen LogP contribution in [0.25, 0.3) is 10.9 Å². The highest BCUT2D eigenvalue weighted by atomic mass is 16.2. The van der Waals surface area contributed by atoms with Crippen LogP contribution in [-0.2, 0) is 4.79 Å². The smallest absolute Gasteiger partial charge is 0.229 e. The molecule has 2 aromatic carbocycles. The molecule has 2 N–H and O–H groups in total. The van der Waals surface area contributed by atoms with E-state index >= 15 is 0 Å².